The highest BCUT2D eigenvalue weighted by molar-refractivity contribution is 7.84. The van der Waals surface area contributed by atoms with Gasteiger partial charge in [-0.1, -0.05) is 30.3 Å². The van der Waals surface area contributed by atoms with Gasteiger partial charge >= 0.3 is 0 Å². The van der Waals surface area contributed by atoms with E-state index < -0.39 is 10.8 Å². The summed E-state index contributed by atoms with van der Waals surface area (Å²) in [6, 6.07) is 25.5. The van der Waals surface area contributed by atoms with Crippen LogP contribution in [0.1, 0.15) is 15.9 Å². The van der Waals surface area contributed by atoms with Gasteiger partial charge in [0.1, 0.15) is 0 Å². The molecule has 0 spiro atoms. The molecule has 0 radical (unpaired) electrons. The van der Waals surface area contributed by atoms with Crippen LogP contribution in [0.2, 0.25) is 0 Å². The van der Waals surface area contributed by atoms with Crippen LogP contribution in [0.25, 0.3) is 0 Å². The Hall–Kier alpha value is -2.96. The van der Waals surface area contributed by atoms with Gasteiger partial charge in [-0.3, -0.25) is 13.9 Å². The molecule has 0 bridgehead atoms. The van der Waals surface area contributed by atoms with E-state index in [0.717, 1.165) is 38.4 Å². The fourth-order valence-corrected chi connectivity index (χ4v) is 4.28. The molecule has 1 amide bonds. The average Bonchev–Trinajstić information content (AvgIpc) is 2.81. The van der Waals surface area contributed by atoms with Gasteiger partial charge in [0.2, 0.25) is 0 Å². The van der Waals surface area contributed by atoms with Gasteiger partial charge in [-0.2, -0.15) is 0 Å². The highest BCUT2D eigenvalue weighted by atomic mass is 32.2. The Balaban J connectivity index is 1.30. The largest absolute Gasteiger partial charge is 0.369 e. The van der Waals surface area contributed by atoms with E-state index in [9.17, 15) is 9.00 Å². The van der Waals surface area contributed by atoms with Crippen molar-refractivity contribution in [1.82, 2.24) is 4.90 Å². The summed E-state index contributed by atoms with van der Waals surface area (Å²) in [7, 11) is -1.05. The first-order valence-electron chi connectivity index (χ1n) is 10.4. The zero-order valence-corrected chi connectivity index (χ0v) is 18.5. The van der Waals surface area contributed by atoms with Crippen LogP contribution in [0.15, 0.2) is 83.8 Å². The van der Waals surface area contributed by atoms with Gasteiger partial charge in [-0.15, -0.1) is 0 Å². The number of anilines is 2. The number of nitrogens with one attached hydrogen (secondary N) is 1. The molecule has 1 N–H and O–H groups in total. The molecule has 1 aliphatic rings. The van der Waals surface area contributed by atoms with Crippen LogP contribution in [0.4, 0.5) is 11.4 Å². The van der Waals surface area contributed by atoms with Crippen LogP contribution in [-0.2, 0) is 17.3 Å². The van der Waals surface area contributed by atoms with Crippen molar-refractivity contribution in [3.05, 3.63) is 90.0 Å². The SMILES string of the molecule is CS(=O)c1ccc(C(=O)Nc2ccc(N3CCN(Cc4ccccc4)CC3)cc2)cc1. The Kier molecular flexibility index (Phi) is 6.79. The second kappa shape index (κ2) is 9.90. The minimum Gasteiger partial charge on any atom is -0.369 e. The van der Waals surface area contributed by atoms with Crippen LogP contribution in [0, 0.1) is 0 Å². The molecule has 3 aromatic rings. The van der Waals surface area contributed by atoms with Gasteiger partial charge in [0.05, 0.1) is 0 Å². The van der Waals surface area contributed by atoms with E-state index in [0.29, 0.717) is 10.5 Å². The zero-order valence-electron chi connectivity index (χ0n) is 17.7. The van der Waals surface area contributed by atoms with Crippen molar-refractivity contribution in [3.63, 3.8) is 0 Å². The molecule has 6 heteroatoms. The summed E-state index contributed by atoms with van der Waals surface area (Å²) in [5, 5.41) is 2.93. The fourth-order valence-electron chi connectivity index (χ4n) is 3.76. The monoisotopic (exact) mass is 433 g/mol. The third-order valence-corrected chi connectivity index (χ3v) is 6.50. The highest BCUT2D eigenvalue weighted by Gasteiger charge is 2.17. The van der Waals surface area contributed by atoms with E-state index in [1.54, 1.807) is 30.5 Å². The molecule has 1 heterocycles. The molecule has 3 aromatic carbocycles. The maximum atomic E-state index is 12.5. The summed E-state index contributed by atoms with van der Waals surface area (Å²) in [5.74, 6) is -0.171. The van der Waals surface area contributed by atoms with Gasteiger partial charge in [0.15, 0.2) is 0 Å². The zero-order chi connectivity index (χ0) is 21.6. The van der Waals surface area contributed by atoms with Gasteiger partial charge in [-0.05, 0) is 54.1 Å². The molecular weight excluding hydrogens is 406 g/mol. The first-order chi connectivity index (χ1) is 15.1. The fraction of sp³-hybridized carbons (Fsp3) is 0.240. The normalized spacial score (nSPS) is 15.5. The van der Waals surface area contributed by atoms with Crippen molar-refractivity contribution in [2.45, 2.75) is 11.4 Å². The predicted molar refractivity (Wildman–Crippen MR) is 127 cm³/mol. The second-order valence-corrected chi connectivity index (χ2v) is 9.11. The first-order valence-corrected chi connectivity index (χ1v) is 12.0. The molecule has 0 aliphatic carbocycles. The van der Waals surface area contributed by atoms with Crippen molar-refractivity contribution in [2.24, 2.45) is 0 Å². The van der Waals surface area contributed by atoms with E-state index in [-0.39, 0.29) is 5.91 Å². The number of piperazine rings is 1. The predicted octanol–water partition coefficient (Wildman–Crippen LogP) is 4.00. The number of carbonyl (C=O) groups excluding carboxylic acids is 1. The quantitative estimate of drug-likeness (QED) is 0.639. The third-order valence-electron chi connectivity index (χ3n) is 5.56. The Bertz CT molecular complexity index is 1030. The molecule has 4 rings (SSSR count). The van der Waals surface area contributed by atoms with Crippen LogP contribution in [0.5, 0.6) is 0 Å². The number of nitrogens with zero attached hydrogens (tertiary/aromatic N) is 2. The second-order valence-electron chi connectivity index (χ2n) is 7.73. The van der Waals surface area contributed by atoms with Crippen molar-refractivity contribution < 1.29 is 9.00 Å². The Morgan fingerprint density at radius 1 is 0.871 bits per heavy atom. The molecule has 5 nitrogen and oxygen atoms in total. The van der Waals surface area contributed by atoms with Crippen molar-refractivity contribution >= 4 is 28.1 Å². The van der Waals surface area contributed by atoms with Crippen molar-refractivity contribution in [3.8, 4) is 0 Å². The lowest BCUT2D eigenvalue weighted by molar-refractivity contribution is 0.102. The van der Waals surface area contributed by atoms with Crippen molar-refractivity contribution in [1.29, 1.82) is 0 Å². The van der Waals surface area contributed by atoms with E-state index in [4.69, 9.17) is 0 Å². The van der Waals surface area contributed by atoms with Gasteiger partial charge in [0.25, 0.3) is 5.91 Å². The number of carbonyl (C=O) groups is 1. The summed E-state index contributed by atoms with van der Waals surface area (Å²) in [4.78, 5) is 18.0. The molecule has 160 valence electrons. The van der Waals surface area contributed by atoms with Crippen LogP contribution in [0.3, 0.4) is 0 Å². The molecule has 0 aromatic heterocycles. The number of rotatable bonds is 6. The molecule has 1 saturated heterocycles. The van der Waals surface area contributed by atoms with Crippen molar-refractivity contribution in [2.75, 3.05) is 42.7 Å². The van der Waals surface area contributed by atoms with Gasteiger partial charge in [0, 0.05) is 71.6 Å². The molecule has 0 saturated carbocycles. The molecule has 1 atom stereocenters. The highest BCUT2D eigenvalue weighted by Crippen LogP contribution is 2.21. The standard InChI is InChI=1S/C25H27N3O2S/c1-31(30)24-13-7-21(8-14-24)25(29)26-22-9-11-23(12-10-22)28-17-15-27(16-18-28)19-20-5-3-2-4-6-20/h2-14H,15-19H2,1H3,(H,26,29). The lowest BCUT2D eigenvalue weighted by atomic mass is 10.2. The lowest BCUT2D eigenvalue weighted by Gasteiger charge is -2.36. The number of hydrogen-bond donors (Lipinski definition) is 1. The first kappa shape index (κ1) is 21.3. The lowest BCUT2D eigenvalue weighted by Crippen LogP contribution is -2.45. The Labute approximate surface area is 186 Å². The van der Waals surface area contributed by atoms with E-state index in [2.05, 4.69) is 57.6 Å². The minimum absolute atomic E-state index is 0.171. The minimum atomic E-state index is -1.05. The smallest absolute Gasteiger partial charge is 0.255 e. The summed E-state index contributed by atoms with van der Waals surface area (Å²) in [6.45, 7) is 5.04. The third kappa shape index (κ3) is 5.60. The number of benzene rings is 3. The number of hydrogen-bond acceptors (Lipinski definition) is 4. The maximum absolute atomic E-state index is 12.5. The number of amides is 1. The summed E-state index contributed by atoms with van der Waals surface area (Å²) < 4.78 is 11.5. The van der Waals surface area contributed by atoms with Crippen LogP contribution < -0.4 is 10.2 Å². The van der Waals surface area contributed by atoms with Gasteiger partial charge in [-0.25, -0.2) is 0 Å². The maximum Gasteiger partial charge on any atom is 0.255 e. The molecular formula is C25H27N3O2S. The van der Waals surface area contributed by atoms with E-state index in [1.165, 1.54) is 11.3 Å². The molecule has 1 aliphatic heterocycles. The Morgan fingerprint density at radius 3 is 2.13 bits per heavy atom. The topological polar surface area (TPSA) is 52.7 Å². The summed E-state index contributed by atoms with van der Waals surface area (Å²) >= 11 is 0. The van der Waals surface area contributed by atoms with E-state index in [1.807, 2.05) is 12.1 Å². The van der Waals surface area contributed by atoms with Crippen LogP contribution in [-0.4, -0.2) is 47.5 Å². The molecule has 31 heavy (non-hydrogen) atoms. The average molecular weight is 434 g/mol. The summed E-state index contributed by atoms with van der Waals surface area (Å²) in [5.41, 5.74) is 3.84. The Morgan fingerprint density at radius 2 is 1.52 bits per heavy atom. The molecule has 1 unspecified atom stereocenters. The summed E-state index contributed by atoms with van der Waals surface area (Å²) in [6.07, 6.45) is 1.62. The van der Waals surface area contributed by atoms with Gasteiger partial charge < -0.3 is 10.2 Å². The van der Waals surface area contributed by atoms with Crippen LogP contribution >= 0.6 is 0 Å². The van der Waals surface area contributed by atoms with E-state index >= 15 is 0 Å². The molecule has 1 fully saturated rings.